The summed E-state index contributed by atoms with van der Waals surface area (Å²) in [5, 5.41) is 11.9. The molecule has 0 saturated heterocycles. The molecule has 0 aliphatic rings. The SMILES string of the molecule is CC(c1ccco1)N(C)C(=O)NC(CCC(=O)O)Cc1ccccc1. The molecule has 2 atom stereocenters. The minimum Gasteiger partial charge on any atom is -0.481 e. The van der Waals surface area contributed by atoms with Gasteiger partial charge in [0.05, 0.1) is 12.3 Å². The van der Waals surface area contributed by atoms with Crippen LogP contribution in [0, 0.1) is 0 Å². The molecule has 1 aromatic carbocycles. The van der Waals surface area contributed by atoms with Crippen LogP contribution >= 0.6 is 0 Å². The Kier molecular flexibility index (Phi) is 6.62. The number of amides is 2. The Morgan fingerprint density at radius 2 is 1.92 bits per heavy atom. The first kappa shape index (κ1) is 18.6. The second-order valence-corrected chi connectivity index (χ2v) is 6.07. The fourth-order valence-corrected chi connectivity index (χ4v) is 2.59. The van der Waals surface area contributed by atoms with Crippen molar-refractivity contribution in [1.82, 2.24) is 10.2 Å². The Bertz CT molecular complexity index is 670. The number of hydrogen-bond acceptors (Lipinski definition) is 3. The Morgan fingerprint density at radius 1 is 1.20 bits per heavy atom. The molecule has 0 spiro atoms. The average Bonchev–Trinajstić information content (AvgIpc) is 3.13. The van der Waals surface area contributed by atoms with Crippen molar-refractivity contribution in [2.75, 3.05) is 7.05 Å². The Labute approximate surface area is 147 Å². The number of aliphatic carboxylic acids is 1. The normalized spacial score (nSPS) is 13.0. The number of nitrogens with one attached hydrogen (secondary N) is 1. The number of nitrogens with zero attached hydrogens (tertiary/aromatic N) is 1. The second kappa shape index (κ2) is 8.92. The largest absolute Gasteiger partial charge is 0.481 e. The van der Waals surface area contributed by atoms with Crippen LogP contribution < -0.4 is 5.32 Å². The Balaban J connectivity index is 2.01. The fourth-order valence-electron chi connectivity index (χ4n) is 2.59. The lowest BCUT2D eigenvalue weighted by molar-refractivity contribution is -0.137. The molecule has 0 fully saturated rings. The zero-order chi connectivity index (χ0) is 18.2. The van der Waals surface area contributed by atoms with Gasteiger partial charge in [-0.25, -0.2) is 4.79 Å². The molecule has 2 unspecified atom stereocenters. The third-order valence-electron chi connectivity index (χ3n) is 4.22. The van der Waals surface area contributed by atoms with E-state index in [0.29, 0.717) is 18.6 Å². The van der Waals surface area contributed by atoms with Gasteiger partial charge in [0.1, 0.15) is 5.76 Å². The van der Waals surface area contributed by atoms with E-state index in [4.69, 9.17) is 9.52 Å². The highest BCUT2D eigenvalue weighted by molar-refractivity contribution is 5.75. The second-order valence-electron chi connectivity index (χ2n) is 6.07. The summed E-state index contributed by atoms with van der Waals surface area (Å²) < 4.78 is 5.35. The van der Waals surface area contributed by atoms with Crippen molar-refractivity contribution in [1.29, 1.82) is 0 Å². The van der Waals surface area contributed by atoms with E-state index in [0.717, 1.165) is 5.56 Å². The highest BCUT2D eigenvalue weighted by Crippen LogP contribution is 2.19. The summed E-state index contributed by atoms with van der Waals surface area (Å²) in [6, 6.07) is 12.6. The minimum absolute atomic E-state index is 0.00916. The summed E-state index contributed by atoms with van der Waals surface area (Å²) in [6.45, 7) is 1.88. The van der Waals surface area contributed by atoms with Gasteiger partial charge < -0.3 is 19.7 Å². The third-order valence-corrected chi connectivity index (χ3v) is 4.22. The van der Waals surface area contributed by atoms with E-state index < -0.39 is 5.97 Å². The molecule has 0 saturated carbocycles. The Hall–Kier alpha value is -2.76. The molecule has 6 heteroatoms. The number of carbonyl (C=O) groups excluding carboxylic acids is 1. The molecular formula is C19H24N2O4. The standard InChI is InChI=1S/C19H24N2O4/c1-14(17-9-6-12-25-17)21(2)19(24)20-16(10-11-18(22)23)13-15-7-4-3-5-8-15/h3-9,12,14,16H,10-11,13H2,1-2H3,(H,20,24)(H,22,23). The van der Waals surface area contributed by atoms with Crippen molar-refractivity contribution in [3.05, 3.63) is 60.1 Å². The van der Waals surface area contributed by atoms with Crippen LogP contribution in [0.3, 0.4) is 0 Å². The van der Waals surface area contributed by atoms with Crippen LogP contribution in [0.4, 0.5) is 4.79 Å². The van der Waals surface area contributed by atoms with Crippen molar-refractivity contribution >= 4 is 12.0 Å². The molecule has 0 aliphatic carbocycles. The summed E-state index contributed by atoms with van der Waals surface area (Å²) in [6.07, 6.45) is 2.54. The molecule has 0 radical (unpaired) electrons. The molecule has 25 heavy (non-hydrogen) atoms. The summed E-state index contributed by atoms with van der Waals surface area (Å²) >= 11 is 0. The molecule has 6 nitrogen and oxygen atoms in total. The van der Waals surface area contributed by atoms with Crippen molar-refractivity contribution in [3.63, 3.8) is 0 Å². The first-order valence-electron chi connectivity index (χ1n) is 8.30. The molecule has 0 bridgehead atoms. The van der Waals surface area contributed by atoms with Crippen LogP contribution in [0.15, 0.2) is 53.1 Å². The van der Waals surface area contributed by atoms with Crippen molar-refractivity contribution < 1.29 is 19.1 Å². The van der Waals surface area contributed by atoms with Crippen LogP contribution in [-0.4, -0.2) is 35.1 Å². The van der Waals surface area contributed by atoms with Crippen LogP contribution in [0.2, 0.25) is 0 Å². The number of carbonyl (C=O) groups is 2. The van der Waals surface area contributed by atoms with Gasteiger partial charge in [0.25, 0.3) is 0 Å². The predicted octanol–water partition coefficient (Wildman–Crippen LogP) is 3.46. The first-order valence-corrected chi connectivity index (χ1v) is 8.30. The topological polar surface area (TPSA) is 82.8 Å². The van der Waals surface area contributed by atoms with Gasteiger partial charge >= 0.3 is 12.0 Å². The predicted molar refractivity (Wildman–Crippen MR) is 94.2 cm³/mol. The van der Waals surface area contributed by atoms with Gasteiger partial charge in [0.15, 0.2) is 0 Å². The Morgan fingerprint density at radius 3 is 2.52 bits per heavy atom. The minimum atomic E-state index is -0.871. The third kappa shape index (κ3) is 5.67. The maximum atomic E-state index is 12.6. The molecule has 2 aromatic rings. The van der Waals surface area contributed by atoms with Gasteiger partial charge in [-0.3, -0.25) is 4.79 Å². The van der Waals surface area contributed by atoms with E-state index in [1.165, 1.54) is 0 Å². The van der Waals surface area contributed by atoms with E-state index in [9.17, 15) is 9.59 Å². The van der Waals surface area contributed by atoms with Gasteiger partial charge in [0, 0.05) is 19.5 Å². The highest BCUT2D eigenvalue weighted by Gasteiger charge is 2.22. The fraction of sp³-hybridized carbons (Fsp3) is 0.368. The van der Waals surface area contributed by atoms with E-state index >= 15 is 0 Å². The quantitative estimate of drug-likeness (QED) is 0.768. The lowest BCUT2D eigenvalue weighted by Gasteiger charge is -2.27. The summed E-state index contributed by atoms with van der Waals surface area (Å²) in [4.78, 5) is 25.0. The first-order chi connectivity index (χ1) is 12.0. The van der Waals surface area contributed by atoms with E-state index in [1.807, 2.05) is 43.3 Å². The molecule has 2 amide bonds. The van der Waals surface area contributed by atoms with Gasteiger partial charge in [-0.05, 0) is 37.5 Å². The molecule has 1 aromatic heterocycles. The maximum absolute atomic E-state index is 12.6. The number of hydrogen-bond donors (Lipinski definition) is 2. The summed E-state index contributed by atoms with van der Waals surface area (Å²) in [5.41, 5.74) is 1.06. The van der Waals surface area contributed by atoms with Crippen LogP contribution in [-0.2, 0) is 11.2 Å². The summed E-state index contributed by atoms with van der Waals surface area (Å²) in [5.74, 6) is -0.174. The van der Waals surface area contributed by atoms with Crippen LogP contribution in [0.25, 0.3) is 0 Å². The average molecular weight is 344 g/mol. The molecule has 2 rings (SSSR count). The molecule has 134 valence electrons. The lowest BCUT2D eigenvalue weighted by atomic mass is 10.0. The number of furan rings is 1. The zero-order valence-corrected chi connectivity index (χ0v) is 14.5. The lowest BCUT2D eigenvalue weighted by Crippen LogP contribution is -2.45. The van der Waals surface area contributed by atoms with Crippen LogP contribution in [0.5, 0.6) is 0 Å². The van der Waals surface area contributed by atoms with E-state index in [-0.39, 0.29) is 24.5 Å². The van der Waals surface area contributed by atoms with E-state index in [1.54, 1.807) is 24.3 Å². The number of carboxylic acid groups (broad SMARTS) is 1. The number of rotatable bonds is 8. The van der Waals surface area contributed by atoms with Crippen molar-refractivity contribution in [2.24, 2.45) is 0 Å². The van der Waals surface area contributed by atoms with Gasteiger partial charge in [0.2, 0.25) is 0 Å². The molecule has 2 N–H and O–H groups in total. The monoisotopic (exact) mass is 344 g/mol. The van der Waals surface area contributed by atoms with Crippen molar-refractivity contribution in [2.45, 2.75) is 38.3 Å². The van der Waals surface area contributed by atoms with Crippen molar-refractivity contribution in [3.8, 4) is 0 Å². The molecular weight excluding hydrogens is 320 g/mol. The smallest absolute Gasteiger partial charge is 0.317 e. The van der Waals surface area contributed by atoms with E-state index in [2.05, 4.69) is 5.32 Å². The number of benzene rings is 1. The molecule has 0 aliphatic heterocycles. The highest BCUT2D eigenvalue weighted by atomic mass is 16.4. The zero-order valence-electron chi connectivity index (χ0n) is 14.5. The van der Waals surface area contributed by atoms with Gasteiger partial charge in [-0.1, -0.05) is 30.3 Å². The number of urea groups is 1. The molecule has 1 heterocycles. The van der Waals surface area contributed by atoms with Crippen LogP contribution in [0.1, 0.15) is 37.1 Å². The van der Waals surface area contributed by atoms with Gasteiger partial charge in [-0.2, -0.15) is 0 Å². The van der Waals surface area contributed by atoms with Gasteiger partial charge in [-0.15, -0.1) is 0 Å². The maximum Gasteiger partial charge on any atom is 0.317 e. The number of carboxylic acids is 1. The summed E-state index contributed by atoms with van der Waals surface area (Å²) in [7, 11) is 1.69.